The van der Waals surface area contributed by atoms with E-state index in [1.54, 1.807) is 7.11 Å². The molecule has 0 amide bonds. The summed E-state index contributed by atoms with van der Waals surface area (Å²) in [4.78, 5) is 0. The number of nitrogens with one attached hydrogen (secondary N) is 1. The topological polar surface area (TPSA) is 30.5 Å². The zero-order valence-corrected chi connectivity index (χ0v) is 12.7. The van der Waals surface area contributed by atoms with Gasteiger partial charge < -0.3 is 14.8 Å². The van der Waals surface area contributed by atoms with E-state index in [1.807, 2.05) is 24.3 Å². The van der Waals surface area contributed by atoms with Gasteiger partial charge in [-0.2, -0.15) is 0 Å². The second kappa shape index (κ2) is 8.32. The van der Waals surface area contributed by atoms with Crippen LogP contribution in [0.5, 0.6) is 5.75 Å². The van der Waals surface area contributed by atoms with Crippen LogP contribution < -0.4 is 10.1 Å². The molecule has 112 valence electrons. The summed E-state index contributed by atoms with van der Waals surface area (Å²) in [6, 6.07) is 18.6. The van der Waals surface area contributed by atoms with Gasteiger partial charge in [0, 0.05) is 25.4 Å². The van der Waals surface area contributed by atoms with Crippen LogP contribution in [0.4, 0.5) is 5.69 Å². The molecule has 3 heteroatoms. The van der Waals surface area contributed by atoms with E-state index in [0.29, 0.717) is 19.1 Å². The highest BCUT2D eigenvalue weighted by Crippen LogP contribution is 2.20. The van der Waals surface area contributed by atoms with Crippen LogP contribution in [0.2, 0.25) is 0 Å². The SMILES string of the molecule is COCCOc1cccc(NCC(C)c2ccccc2)c1. The number of hydrogen-bond donors (Lipinski definition) is 1. The minimum atomic E-state index is 0.462. The first-order valence-electron chi connectivity index (χ1n) is 7.30. The molecule has 0 aliphatic carbocycles. The number of hydrogen-bond acceptors (Lipinski definition) is 3. The van der Waals surface area contributed by atoms with Crippen molar-refractivity contribution in [3.05, 3.63) is 60.2 Å². The Bertz CT molecular complexity index is 528. The molecule has 0 saturated heterocycles. The average molecular weight is 285 g/mol. The molecular weight excluding hydrogens is 262 g/mol. The summed E-state index contributed by atoms with van der Waals surface area (Å²) >= 11 is 0. The third-order valence-electron chi connectivity index (χ3n) is 3.37. The minimum Gasteiger partial charge on any atom is -0.491 e. The molecule has 0 radical (unpaired) electrons. The summed E-state index contributed by atoms with van der Waals surface area (Å²) < 4.78 is 10.6. The predicted molar refractivity (Wildman–Crippen MR) is 87.2 cm³/mol. The van der Waals surface area contributed by atoms with E-state index in [9.17, 15) is 0 Å². The summed E-state index contributed by atoms with van der Waals surface area (Å²) in [6.07, 6.45) is 0. The Hall–Kier alpha value is -2.00. The lowest BCUT2D eigenvalue weighted by Gasteiger charge is -2.15. The van der Waals surface area contributed by atoms with Crippen LogP contribution >= 0.6 is 0 Å². The summed E-state index contributed by atoms with van der Waals surface area (Å²) in [5.41, 5.74) is 2.42. The molecule has 21 heavy (non-hydrogen) atoms. The predicted octanol–water partition coefficient (Wildman–Crippen LogP) is 3.93. The molecular formula is C18H23NO2. The number of anilines is 1. The van der Waals surface area contributed by atoms with Crippen molar-refractivity contribution in [2.75, 3.05) is 32.2 Å². The van der Waals surface area contributed by atoms with Crippen LogP contribution in [0.15, 0.2) is 54.6 Å². The van der Waals surface area contributed by atoms with E-state index < -0.39 is 0 Å². The van der Waals surface area contributed by atoms with E-state index in [-0.39, 0.29) is 0 Å². The van der Waals surface area contributed by atoms with Gasteiger partial charge in [0.1, 0.15) is 12.4 Å². The minimum absolute atomic E-state index is 0.462. The number of rotatable bonds is 8. The number of ether oxygens (including phenoxy) is 2. The van der Waals surface area contributed by atoms with Crippen LogP contribution in [0.1, 0.15) is 18.4 Å². The lowest BCUT2D eigenvalue weighted by atomic mass is 10.0. The van der Waals surface area contributed by atoms with Crippen molar-refractivity contribution < 1.29 is 9.47 Å². The van der Waals surface area contributed by atoms with Gasteiger partial charge in [0.15, 0.2) is 0 Å². The standard InChI is InChI=1S/C18H23NO2/c1-15(16-7-4-3-5-8-16)14-19-17-9-6-10-18(13-17)21-12-11-20-2/h3-10,13,15,19H,11-12,14H2,1-2H3. The Morgan fingerprint density at radius 2 is 1.81 bits per heavy atom. The van der Waals surface area contributed by atoms with E-state index in [2.05, 4.69) is 42.6 Å². The first-order chi connectivity index (χ1) is 10.3. The van der Waals surface area contributed by atoms with Crippen molar-refractivity contribution >= 4 is 5.69 Å². The summed E-state index contributed by atoms with van der Waals surface area (Å²) in [7, 11) is 1.67. The lowest BCUT2D eigenvalue weighted by molar-refractivity contribution is 0.146. The Morgan fingerprint density at radius 3 is 2.57 bits per heavy atom. The Morgan fingerprint density at radius 1 is 1.00 bits per heavy atom. The Labute approximate surface area is 126 Å². The van der Waals surface area contributed by atoms with Gasteiger partial charge >= 0.3 is 0 Å². The third-order valence-corrected chi connectivity index (χ3v) is 3.37. The molecule has 0 aliphatic heterocycles. The van der Waals surface area contributed by atoms with Crippen molar-refractivity contribution in [2.45, 2.75) is 12.8 Å². The Balaban J connectivity index is 1.86. The molecule has 0 spiro atoms. The van der Waals surface area contributed by atoms with Gasteiger partial charge in [-0.05, 0) is 23.6 Å². The molecule has 2 rings (SSSR count). The fourth-order valence-corrected chi connectivity index (χ4v) is 2.11. The molecule has 1 atom stereocenters. The normalized spacial score (nSPS) is 11.9. The first-order valence-corrected chi connectivity index (χ1v) is 7.30. The van der Waals surface area contributed by atoms with Crippen molar-refractivity contribution in [1.82, 2.24) is 0 Å². The molecule has 0 heterocycles. The number of benzene rings is 2. The van der Waals surface area contributed by atoms with Gasteiger partial charge in [-0.15, -0.1) is 0 Å². The fourth-order valence-electron chi connectivity index (χ4n) is 2.11. The maximum atomic E-state index is 5.61. The second-order valence-corrected chi connectivity index (χ2v) is 5.06. The highest BCUT2D eigenvalue weighted by molar-refractivity contribution is 5.48. The van der Waals surface area contributed by atoms with Crippen LogP contribution in [0, 0.1) is 0 Å². The van der Waals surface area contributed by atoms with E-state index in [4.69, 9.17) is 9.47 Å². The van der Waals surface area contributed by atoms with Crippen molar-refractivity contribution in [1.29, 1.82) is 0 Å². The monoisotopic (exact) mass is 285 g/mol. The van der Waals surface area contributed by atoms with E-state index in [1.165, 1.54) is 5.56 Å². The quantitative estimate of drug-likeness (QED) is 0.746. The van der Waals surface area contributed by atoms with Crippen LogP contribution in [0.3, 0.4) is 0 Å². The highest BCUT2D eigenvalue weighted by atomic mass is 16.5. The smallest absolute Gasteiger partial charge is 0.121 e. The van der Waals surface area contributed by atoms with Gasteiger partial charge in [-0.1, -0.05) is 43.3 Å². The fraction of sp³-hybridized carbons (Fsp3) is 0.333. The zero-order valence-electron chi connectivity index (χ0n) is 12.7. The van der Waals surface area contributed by atoms with Gasteiger partial charge in [0.2, 0.25) is 0 Å². The second-order valence-electron chi connectivity index (χ2n) is 5.06. The molecule has 2 aromatic carbocycles. The van der Waals surface area contributed by atoms with Crippen molar-refractivity contribution in [3.63, 3.8) is 0 Å². The Kier molecular flexibility index (Phi) is 6.10. The van der Waals surface area contributed by atoms with Gasteiger partial charge in [-0.3, -0.25) is 0 Å². The van der Waals surface area contributed by atoms with Gasteiger partial charge in [0.05, 0.1) is 6.61 Å². The van der Waals surface area contributed by atoms with Gasteiger partial charge in [-0.25, -0.2) is 0 Å². The molecule has 0 aliphatic rings. The van der Waals surface area contributed by atoms with Crippen molar-refractivity contribution in [2.24, 2.45) is 0 Å². The summed E-state index contributed by atoms with van der Waals surface area (Å²) in [6.45, 7) is 4.29. The molecule has 0 bridgehead atoms. The molecule has 0 aromatic heterocycles. The average Bonchev–Trinajstić information content (AvgIpc) is 2.54. The first kappa shape index (κ1) is 15.4. The summed E-state index contributed by atoms with van der Waals surface area (Å²) in [5.74, 6) is 1.33. The summed E-state index contributed by atoms with van der Waals surface area (Å²) in [5, 5.41) is 3.46. The molecule has 0 fully saturated rings. The van der Waals surface area contributed by atoms with Crippen LogP contribution in [0.25, 0.3) is 0 Å². The maximum absolute atomic E-state index is 5.61. The van der Waals surface area contributed by atoms with Crippen LogP contribution in [-0.2, 0) is 4.74 Å². The van der Waals surface area contributed by atoms with E-state index >= 15 is 0 Å². The van der Waals surface area contributed by atoms with Gasteiger partial charge in [0.25, 0.3) is 0 Å². The molecule has 3 nitrogen and oxygen atoms in total. The largest absolute Gasteiger partial charge is 0.491 e. The van der Waals surface area contributed by atoms with Crippen molar-refractivity contribution in [3.8, 4) is 5.75 Å². The molecule has 1 unspecified atom stereocenters. The lowest BCUT2D eigenvalue weighted by Crippen LogP contribution is -2.10. The zero-order chi connectivity index (χ0) is 14.9. The number of methoxy groups -OCH3 is 1. The molecule has 1 N–H and O–H groups in total. The molecule has 0 saturated carbocycles. The molecule has 2 aromatic rings. The van der Waals surface area contributed by atoms with E-state index in [0.717, 1.165) is 18.0 Å². The highest BCUT2D eigenvalue weighted by Gasteiger charge is 2.04. The maximum Gasteiger partial charge on any atom is 0.121 e. The van der Waals surface area contributed by atoms with Crippen LogP contribution in [-0.4, -0.2) is 26.9 Å². The third kappa shape index (κ3) is 5.12.